The first-order valence-electron chi connectivity index (χ1n) is 6.21. The van der Waals surface area contributed by atoms with Gasteiger partial charge in [-0.25, -0.2) is 0 Å². The van der Waals surface area contributed by atoms with Gasteiger partial charge in [0.15, 0.2) is 5.76 Å². The van der Waals surface area contributed by atoms with Crippen molar-refractivity contribution >= 4 is 40.3 Å². The molecule has 1 N–H and O–H groups in total. The number of nitro groups is 1. The molecular weight excluding hydrogens is 308 g/mol. The maximum Gasteiger partial charge on any atom is 0.433 e. The molecule has 0 bridgehead atoms. The molecule has 0 aliphatic carbocycles. The van der Waals surface area contributed by atoms with E-state index in [0.717, 1.165) is 16.6 Å². The van der Waals surface area contributed by atoms with Crippen molar-refractivity contribution in [2.45, 2.75) is 0 Å². The lowest BCUT2D eigenvalue weighted by Crippen LogP contribution is -1.92. The topological polar surface area (TPSA) is 93.6 Å². The molecule has 8 heteroatoms. The average molecular weight is 317 g/mol. The van der Waals surface area contributed by atoms with Gasteiger partial charge in [-0.15, -0.1) is 0 Å². The number of hydrogen-bond acceptors (Lipinski definition) is 6. The van der Waals surface area contributed by atoms with Crippen LogP contribution in [0.2, 0.25) is 5.02 Å². The van der Waals surface area contributed by atoms with Gasteiger partial charge >= 0.3 is 5.88 Å². The zero-order valence-corrected chi connectivity index (χ0v) is 11.8. The van der Waals surface area contributed by atoms with Crippen LogP contribution >= 0.6 is 11.6 Å². The summed E-state index contributed by atoms with van der Waals surface area (Å²) in [5.41, 5.74) is 4.32. The lowest BCUT2D eigenvalue weighted by Gasteiger charge is -2.04. The second-order valence-electron chi connectivity index (χ2n) is 4.32. The molecule has 1 aromatic carbocycles. The van der Waals surface area contributed by atoms with Gasteiger partial charge in [-0.1, -0.05) is 11.6 Å². The minimum Gasteiger partial charge on any atom is -0.400 e. The van der Waals surface area contributed by atoms with E-state index in [2.05, 4.69) is 15.5 Å². The summed E-state index contributed by atoms with van der Waals surface area (Å²) >= 11 is 5.93. The van der Waals surface area contributed by atoms with Crippen molar-refractivity contribution in [1.29, 1.82) is 0 Å². The van der Waals surface area contributed by atoms with Crippen molar-refractivity contribution in [2.24, 2.45) is 5.10 Å². The van der Waals surface area contributed by atoms with Gasteiger partial charge in [-0.2, -0.15) is 5.10 Å². The van der Waals surface area contributed by atoms with E-state index >= 15 is 0 Å². The Bertz CT molecular complexity index is 875. The third kappa shape index (κ3) is 2.89. The second kappa shape index (κ2) is 5.82. The third-order valence-corrected chi connectivity index (χ3v) is 3.11. The number of aromatic nitrogens is 1. The molecule has 0 saturated heterocycles. The molecule has 2 heterocycles. The Labute approximate surface area is 129 Å². The maximum absolute atomic E-state index is 10.5. The molecule has 0 saturated carbocycles. The van der Waals surface area contributed by atoms with Gasteiger partial charge in [0.25, 0.3) is 0 Å². The van der Waals surface area contributed by atoms with E-state index in [1.807, 2.05) is 6.07 Å². The first-order valence-corrected chi connectivity index (χ1v) is 6.59. The molecule has 2 aromatic heterocycles. The first-order chi connectivity index (χ1) is 10.6. The normalized spacial score (nSPS) is 11.1. The molecule has 0 unspecified atom stereocenters. The Kier molecular flexibility index (Phi) is 3.71. The van der Waals surface area contributed by atoms with Crippen molar-refractivity contribution in [3.8, 4) is 0 Å². The highest BCUT2D eigenvalue weighted by atomic mass is 35.5. The average Bonchev–Trinajstić information content (AvgIpc) is 2.96. The van der Waals surface area contributed by atoms with Crippen molar-refractivity contribution in [1.82, 2.24) is 4.98 Å². The number of nitrogens with one attached hydrogen (secondary N) is 1. The van der Waals surface area contributed by atoms with Gasteiger partial charge in [0.1, 0.15) is 4.92 Å². The number of pyridine rings is 1. The van der Waals surface area contributed by atoms with E-state index in [4.69, 9.17) is 16.0 Å². The summed E-state index contributed by atoms with van der Waals surface area (Å²) < 4.78 is 4.97. The lowest BCUT2D eigenvalue weighted by atomic mass is 10.2. The molecule has 3 rings (SSSR count). The smallest absolute Gasteiger partial charge is 0.400 e. The molecule has 22 heavy (non-hydrogen) atoms. The summed E-state index contributed by atoms with van der Waals surface area (Å²) in [6, 6.07) is 9.84. The van der Waals surface area contributed by atoms with Crippen LogP contribution in [0.3, 0.4) is 0 Å². The monoisotopic (exact) mass is 316 g/mol. The van der Waals surface area contributed by atoms with Gasteiger partial charge in [-0.05, 0) is 30.3 Å². The number of furan rings is 1. The van der Waals surface area contributed by atoms with Crippen LogP contribution in [0.25, 0.3) is 10.9 Å². The highest BCUT2D eigenvalue weighted by molar-refractivity contribution is 6.31. The molecule has 7 nitrogen and oxygen atoms in total. The van der Waals surface area contributed by atoms with Crippen LogP contribution in [0.15, 0.2) is 52.1 Å². The van der Waals surface area contributed by atoms with Gasteiger partial charge < -0.3 is 4.42 Å². The number of benzene rings is 1. The van der Waals surface area contributed by atoms with Crippen molar-refractivity contribution in [3.05, 3.63) is 63.5 Å². The first kappa shape index (κ1) is 14.0. The van der Waals surface area contributed by atoms with Crippen LogP contribution < -0.4 is 5.43 Å². The number of hydrazone groups is 1. The largest absolute Gasteiger partial charge is 0.433 e. The summed E-state index contributed by atoms with van der Waals surface area (Å²) in [7, 11) is 0. The Morgan fingerprint density at radius 1 is 1.32 bits per heavy atom. The molecule has 110 valence electrons. The summed E-state index contributed by atoms with van der Waals surface area (Å²) in [6.45, 7) is 0. The highest BCUT2D eigenvalue weighted by Gasteiger charge is 2.10. The van der Waals surface area contributed by atoms with Crippen LogP contribution in [0.4, 0.5) is 11.6 Å². The van der Waals surface area contributed by atoms with Crippen LogP contribution in [-0.4, -0.2) is 16.1 Å². The molecule has 0 aliphatic heterocycles. The van der Waals surface area contributed by atoms with Gasteiger partial charge in [0.05, 0.1) is 23.5 Å². The lowest BCUT2D eigenvalue weighted by molar-refractivity contribution is -0.402. The summed E-state index contributed by atoms with van der Waals surface area (Å²) in [4.78, 5) is 14.1. The Morgan fingerprint density at radius 3 is 2.95 bits per heavy atom. The van der Waals surface area contributed by atoms with Gasteiger partial charge in [0, 0.05) is 16.6 Å². The zero-order chi connectivity index (χ0) is 15.5. The number of rotatable bonds is 4. The van der Waals surface area contributed by atoms with Crippen LogP contribution in [0.5, 0.6) is 0 Å². The molecule has 3 aromatic rings. The van der Waals surface area contributed by atoms with Crippen molar-refractivity contribution in [2.75, 3.05) is 5.43 Å². The molecule has 0 aliphatic rings. The fourth-order valence-corrected chi connectivity index (χ4v) is 2.06. The van der Waals surface area contributed by atoms with E-state index < -0.39 is 4.92 Å². The maximum atomic E-state index is 10.5. The van der Waals surface area contributed by atoms with Crippen LogP contribution in [0, 0.1) is 10.1 Å². The fraction of sp³-hybridized carbons (Fsp3) is 0. The van der Waals surface area contributed by atoms with Gasteiger partial charge in [-0.3, -0.25) is 20.5 Å². The Balaban J connectivity index is 1.81. The van der Waals surface area contributed by atoms with E-state index in [-0.39, 0.29) is 11.6 Å². The summed E-state index contributed by atoms with van der Waals surface area (Å²) in [5.74, 6) is -0.0499. The minimum atomic E-state index is -0.606. The second-order valence-corrected chi connectivity index (χ2v) is 4.76. The SMILES string of the molecule is O=[N+]([O-])c1ccc(/C=N\Nc2ccnc3cc(Cl)ccc23)o1. The number of nitrogens with zero attached hydrogens (tertiary/aromatic N) is 3. The number of halogens is 1. The molecule has 0 atom stereocenters. The number of anilines is 1. The summed E-state index contributed by atoms with van der Waals surface area (Å²) in [5, 5.41) is 16.0. The molecular formula is C14H9ClN4O3. The highest BCUT2D eigenvalue weighted by Crippen LogP contribution is 2.24. The number of fused-ring (bicyclic) bond motifs is 1. The van der Waals surface area contributed by atoms with E-state index in [0.29, 0.717) is 5.02 Å². The van der Waals surface area contributed by atoms with E-state index in [1.165, 1.54) is 18.3 Å². The van der Waals surface area contributed by atoms with Crippen molar-refractivity contribution in [3.63, 3.8) is 0 Å². The van der Waals surface area contributed by atoms with Gasteiger partial charge in [0.2, 0.25) is 0 Å². The quantitative estimate of drug-likeness (QED) is 0.448. The van der Waals surface area contributed by atoms with Crippen molar-refractivity contribution < 1.29 is 9.34 Å². The molecule has 0 spiro atoms. The molecule has 0 fully saturated rings. The summed E-state index contributed by atoms with van der Waals surface area (Å²) in [6.07, 6.45) is 2.99. The van der Waals surface area contributed by atoms with E-state index in [1.54, 1.807) is 24.4 Å². The molecule has 0 amide bonds. The number of hydrogen-bond donors (Lipinski definition) is 1. The predicted octanol–water partition coefficient (Wildman–Crippen LogP) is 3.84. The van der Waals surface area contributed by atoms with E-state index in [9.17, 15) is 10.1 Å². The van der Waals surface area contributed by atoms with Crippen LogP contribution in [-0.2, 0) is 0 Å². The predicted molar refractivity (Wildman–Crippen MR) is 83.3 cm³/mol. The Hall–Kier alpha value is -2.93. The molecule has 0 radical (unpaired) electrons. The standard InChI is InChI=1S/C14H9ClN4O3/c15-9-1-3-11-12(5-6-16-13(11)7-9)18-17-8-10-2-4-14(22-10)19(20)21/h1-8H,(H,16,18)/b17-8-. The Morgan fingerprint density at radius 2 is 2.18 bits per heavy atom. The zero-order valence-electron chi connectivity index (χ0n) is 11.1. The minimum absolute atomic E-state index is 0.278. The fourth-order valence-electron chi connectivity index (χ4n) is 1.89. The third-order valence-electron chi connectivity index (χ3n) is 2.87. The van der Waals surface area contributed by atoms with Crippen LogP contribution in [0.1, 0.15) is 5.76 Å².